The fourth-order valence-corrected chi connectivity index (χ4v) is 1.77. The summed E-state index contributed by atoms with van der Waals surface area (Å²) in [5.41, 5.74) is 2.96. The van der Waals surface area contributed by atoms with Gasteiger partial charge in [0, 0.05) is 0 Å². The number of amides is 1. The SMILES string of the molecule is O=C1[N]c2ccccc2Nc2ccccc21. The summed E-state index contributed by atoms with van der Waals surface area (Å²) in [6, 6.07) is 14.9. The standard InChI is InChI=1S/C13H9N2O/c16-13-9-5-1-2-6-10(9)14-11-7-3-4-8-12(11)15-13/h1-8,14H. The van der Waals surface area contributed by atoms with Crippen LogP contribution in [0.5, 0.6) is 0 Å². The Hall–Kier alpha value is -2.29. The van der Waals surface area contributed by atoms with Gasteiger partial charge in [-0.3, -0.25) is 4.79 Å². The summed E-state index contributed by atoms with van der Waals surface area (Å²) < 4.78 is 0. The second-order valence-electron chi connectivity index (χ2n) is 3.60. The molecule has 0 saturated carbocycles. The average Bonchev–Trinajstić information content (AvgIpc) is 2.45. The number of nitrogens with one attached hydrogen (secondary N) is 1. The Labute approximate surface area is 93.1 Å². The van der Waals surface area contributed by atoms with Crippen LogP contribution in [-0.4, -0.2) is 5.91 Å². The first-order chi connectivity index (χ1) is 7.84. The summed E-state index contributed by atoms with van der Waals surface area (Å²) >= 11 is 0. The van der Waals surface area contributed by atoms with E-state index in [1.54, 1.807) is 6.07 Å². The molecule has 2 aromatic carbocycles. The molecule has 0 unspecified atom stereocenters. The molecule has 0 aromatic heterocycles. The van der Waals surface area contributed by atoms with Crippen molar-refractivity contribution in [3.05, 3.63) is 54.1 Å². The van der Waals surface area contributed by atoms with Gasteiger partial charge < -0.3 is 5.32 Å². The van der Waals surface area contributed by atoms with Crippen molar-refractivity contribution in [1.82, 2.24) is 5.32 Å². The minimum Gasteiger partial charge on any atom is -0.353 e. The number of anilines is 2. The van der Waals surface area contributed by atoms with E-state index in [0.29, 0.717) is 11.3 Å². The highest BCUT2D eigenvalue weighted by Gasteiger charge is 2.19. The molecule has 0 bridgehead atoms. The molecule has 1 heterocycles. The second-order valence-corrected chi connectivity index (χ2v) is 3.60. The van der Waals surface area contributed by atoms with E-state index in [-0.39, 0.29) is 5.91 Å². The van der Waals surface area contributed by atoms with Crippen LogP contribution in [0.4, 0.5) is 17.1 Å². The molecule has 1 N–H and O–H groups in total. The van der Waals surface area contributed by atoms with Crippen LogP contribution < -0.4 is 10.6 Å². The van der Waals surface area contributed by atoms with Crippen molar-refractivity contribution >= 4 is 23.0 Å². The first kappa shape index (κ1) is 8.97. The molecule has 0 atom stereocenters. The number of hydrogen-bond acceptors (Lipinski definition) is 2. The maximum Gasteiger partial charge on any atom is 0.279 e. The quantitative estimate of drug-likeness (QED) is 0.725. The molecular formula is C13H9N2O. The lowest BCUT2D eigenvalue weighted by Gasteiger charge is -2.06. The van der Waals surface area contributed by atoms with Gasteiger partial charge in [-0.15, -0.1) is 0 Å². The van der Waals surface area contributed by atoms with Crippen LogP contribution in [0.15, 0.2) is 48.5 Å². The van der Waals surface area contributed by atoms with Crippen LogP contribution in [0.25, 0.3) is 0 Å². The molecule has 1 radical (unpaired) electrons. The summed E-state index contributed by atoms with van der Waals surface area (Å²) in [7, 11) is 0. The number of carbonyl (C=O) groups excluding carboxylic acids is 1. The van der Waals surface area contributed by atoms with E-state index in [9.17, 15) is 4.79 Å². The van der Waals surface area contributed by atoms with Crippen LogP contribution >= 0.6 is 0 Å². The molecule has 3 heteroatoms. The Bertz CT molecular complexity index is 563. The molecule has 0 aliphatic carbocycles. The minimum absolute atomic E-state index is 0.201. The highest BCUT2D eigenvalue weighted by molar-refractivity contribution is 6.05. The van der Waals surface area contributed by atoms with Crippen molar-refractivity contribution in [1.29, 1.82) is 0 Å². The van der Waals surface area contributed by atoms with Crippen LogP contribution in [0.3, 0.4) is 0 Å². The van der Waals surface area contributed by atoms with E-state index in [1.165, 1.54) is 0 Å². The van der Waals surface area contributed by atoms with Crippen LogP contribution in [-0.2, 0) is 0 Å². The molecule has 16 heavy (non-hydrogen) atoms. The Morgan fingerprint density at radius 2 is 1.56 bits per heavy atom. The number of nitrogens with zero attached hydrogens (tertiary/aromatic N) is 1. The van der Waals surface area contributed by atoms with Gasteiger partial charge in [-0.25, -0.2) is 5.32 Å². The third kappa shape index (κ3) is 1.34. The third-order valence-electron chi connectivity index (χ3n) is 2.55. The highest BCUT2D eigenvalue weighted by atomic mass is 16.1. The highest BCUT2D eigenvalue weighted by Crippen LogP contribution is 2.31. The van der Waals surface area contributed by atoms with E-state index in [4.69, 9.17) is 0 Å². The number of benzene rings is 2. The molecule has 1 amide bonds. The normalized spacial score (nSPS) is 12.9. The molecular weight excluding hydrogens is 200 g/mol. The first-order valence-corrected chi connectivity index (χ1v) is 5.06. The summed E-state index contributed by atoms with van der Waals surface area (Å²) in [5.74, 6) is -0.201. The van der Waals surface area contributed by atoms with Crippen LogP contribution in [0, 0.1) is 0 Å². The van der Waals surface area contributed by atoms with Crippen molar-refractivity contribution in [3.8, 4) is 0 Å². The Morgan fingerprint density at radius 1 is 0.875 bits per heavy atom. The minimum atomic E-state index is -0.201. The zero-order chi connectivity index (χ0) is 11.0. The number of rotatable bonds is 0. The fraction of sp³-hybridized carbons (Fsp3) is 0. The largest absolute Gasteiger partial charge is 0.353 e. The fourth-order valence-electron chi connectivity index (χ4n) is 1.77. The van der Waals surface area contributed by atoms with Gasteiger partial charge in [0.2, 0.25) is 0 Å². The van der Waals surface area contributed by atoms with Crippen molar-refractivity contribution in [2.24, 2.45) is 0 Å². The third-order valence-corrected chi connectivity index (χ3v) is 2.55. The van der Waals surface area contributed by atoms with E-state index in [1.807, 2.05) is 42.5 Å². The van der Waals surface area contributed by atoms with Crippen molar-refractivity contribution in [3.63, 3.8) is 0 Å². The van der Waals surface area contributed by atoms with Gasteiger partial charge in [-0.1, -0.05) is 24.3 Å². The maximum atomic E-state index is 11.9. The molecule has 3 nitrogen and oxygen atoms in total. The lowest BCUT2D eigenvalue weighted by molar-refractivity contribution is 0.0970. The number of fused-ring (bicyclic) bond motifs is 2. The van der Waals surface area contributed by atoms with Crippen molar-refractivity contribution < 1.29 is 4.79 Å². The van der Waals surface area contributed by atoms with Gasteiger partial charge in [0.05, 0.1) is 22.6 Å². The smallest absolute Gasteiger partial charge is 0.279 e. The first-order valence-electron chi connectivity index (χ1n) is 5.06. The zero-order valence-electron chi connectivity index (χ0n) is 8.47. The topological polar surface area (TPSA) is 43.2 Å². The van der Waals surface area contributed by atoms with Gasteiger partial charge in [0.15, 0.2) is 0 Å². The van der Waals surface area contributed by atoms with Gasteiger partial charge in [0.1, 0.15) is 0 Å². The van der Waals surface area contributed by atoms with Crippen LogP contribution in [0.1, 0.15) is 10.4 Å². The monoisotopic (exact) mass is 209 g/mol. The zero-order valence-corrected chi connectivity index (χ0v) is 8.47. The summed E-state index contributed by atoms with van der Waals surface area (Å²) in [6.45, 7) is 0. The van der Waals surface area contributed by atoms with Gasteiger partial charge in [-0.2, -0.15) is 0 Å². The van der Waals surface area contributed by atoms with E-state index in [2.05, 4.69) is 10.6 Å². The van der Waals surface area contributed by atoms with Crippen molar-refractivity contribution in [2.75, 3.05) is 5.32 Å². The lowest BCUT2D eigenvalue weighted by Crippen LogP contribution is -2.09. The van der Waals surface area contributed by atoms with E-state index < -0.39 is 0 Å². The molecule has 1 aliphatic rings. The Balaban J connectivity index is 2.18. The molecule has 0 spiro atoms. The summed E-state index contributed by atoms with van der Waals surface area (Å²) in [6.07, 6.45) is 0. The van der Waals surface area contributed by atoms with E-state index >= 15 is 0 Å². The molecule has 1 aliphatic heterocycles. The van der Waals surface area contributed by atoms with Gasteiger partial charge in [-0.05, 0) is 24.3 Å². The second kappa shape index (κ2) is 3.38. The van der Waals surface area contributed by atoms with E-state index in [0.717, 1.165) is 11.4 Å². The molecule has 3 rings (SSSR count). The predicted octanol–water partition coefficient (Wildman–Crippen LogP) is 2.82. The molecule has 2 aromatic rings. The molecule has 77 valence electrons. The molecule has 0 fully saturated rings. The average molecular weight is 209 g/mol. The summed E-state index contributed by atoms with van der Waals surface area (Å²) in [5, 5.41) is 7.30. The van der Waals surface area contributed by atoms with Crippen molar-refractivity contribution in [2.45, 2.75) is 0 Å². The summed E-state index contributed by atoms with van der Waals surface area (Å²) in [4.78, 5) is 11.9. The molecule has 0 saturated heterocycles. The number of hydrogen-bond donors (Lipinski definition) is 1. The maximum absolute atomic E-state index is 11.9. The van der Waals surface area contributed by atoms with Gasteiger partial charge in [0.25, 0.3) is 5.91 Å². The lowest BCUT2D eigenvalue weighted by atomic mass is 10.1. The van der Waals surface area contributed by atoms with Gasteiger partial charge >= 0.3 is 0 Å². The predicted molar refractivity (Wildman–Crippen MR) is 62.3 cm³/mol. The number of carbonyl (C=O) groups is 1. The Kier molecular flexibility index (Phi) is 1.90. The number of para-hydroxylation sites is 3. The van der Waals surface area contributed by atoms with Crippen LogP contribution in [0.2, 0.25) is 0 Å². The Morgan fingerprint density at radius 3 is 2.44 bits per heavy atom.